The Kier molecular flexibility index (Phi) is 3.99. The van der Waals surface area contributed by atoms with Crippen molar-refractivity contribution in [1.29, 1.82) is 0 Å². The van der Waals surface area contributed by atoms with Crippen molar-refractivity contribution in [1.82, 2.24) is 3.89 Å². The van der Waals surface area contributed by atoms with E-state index in [1.54, 1.807) is 37.6 Å². The lowest BCUT2D eigenvalue weighted by atomic mass is 10.2. The maximum absolute atomic E-state index is 12.3. The van der Waals surface area contributed by atoms with Gasteiger partial charge >= 0.3 is 10.0 Å². The van der Waals surface area contributed by atoms with Crippen LogP contribution >= 0.6 is 0 Å². The molecule has 1 aromatic rings. The van der Waals surface area contributed by atoms with Gasteiger partial charge in [-0.1, -0.05) is 6.08 Å². The minimum atomic E-state index is -3.39. The predicted molar refractivity (Wildman–Crippen MR) is 80.8 cm³/mol. The van der Waals surface area contributed by atoms with E-state index in [0.29, 0.717) is 24.5 Å². The van der Waals surface area contributed by atoms with Gasteiger partial charge < -0.3 is 10.5 Å². The zero-order valence-corrected chi connectivity index (χ0v) is 12.4. The van der Waals surface area contributed by atoms with Crippen molar-refractivity contribution in [2.24, 2.45) is 5.73 Å². The molecule has 108 valence electrons. The van der Waals surface area contributed by atoms with Gasteiger partial charge in [-0.2, -0.15) is 12.3 Å². The van der Waals surface area contributed by atoms with Crippen LogP contribution in [-0.4, -0.2) is 34.9 Å². The summed E-state index contributed by atoms with van der Waals surface area (Å²) < 4.78 is 29.6. The first kappa shape index (κ1) is 14.8. The second-order valence-electron chi connectivity index (χ2n) is 4.72. The van der Waals surface area contributed by atoms with Crippen LogP contribution in [0.15, 0.2) is 48.2 Å². The minimum absolute atomic E-state index is 0.250. The maximum atomic E-state index is 12.3. The van der Waals surface area contributed by atoms with Crippen molar-refractivity contribution in [2.75, 3.05) is 26.5 Å². The molecular weight excluding hydrogens is 276 g/mol. The molecule has 1 atom stereocenters. The fraction of sp³-hybridized carbons (Fsp3) is 0.286. The Hall–Kier alpha value is -1.63. The summed E-state index contributed by atoms with van der Waals surface area (Å²) in [6.07, 6.45) is 6.65. The summed E-state index contributed by atoms with van der Waals surface area (Å²) in [5.74, 6) is 0.691. The standard InChI is InChI=1S/C14H19N2O3S/c1-19-14-7-5-13(6-8-14)16(20(2,17)18)9-3-4-12(10-15)11-16/h3-8,11H,9-10,15H2,1-2H3/q+1. The van der Waals surface area contributed by atoms with Crippen LogP contribution in [0, 0.1) is 0 Å². The lowest BCUT2D eigenvalue weighted by Crippen LogP contribution is -2.50. The van der Waals surface area contributed by atoms with Gasteiger partial charge in [0.1, 0.15) is 18.5 Å². The first-order valence-electron chi connectivity index (χ1n) is 6.24. The Morgan fingerprint density at radius 1 is 1.30 bits per heavy atom. The smallest absolute Gasteiger partial charge is 0.303 e. The highest BCUT2D eigenvalue weighted by Gasteiger charge is 2.40. The zero-order chi connectivity index (χ0) is 14.8. The number of methoxy groups -OCH3 is 1. The summed E-state index contributed by atoms with van der Waals surface area (Å²) in [5, 5.41) is 0. The third-order valence-corrected chi connectivity index (χ3v) is 5.07. The first-order valence-corrected chi connectivity index (χ1v) is 8.08. The lowest BCUT2D eigenvalue weighted by Gasteiger charge is -2.33. The number of ether oxygens (including phenoxy) is 1. The summed E-state index contributed by atoms with van der Waals surface area (Å²) in [4.78, 5) is 0. The summed E-state index contributed by atoms with van der Waals surface area (Å²) in [7, 11) is -1.81. The number of hydrogen-bond acceptors (Lipinski definition) is 4. The number of sulfonamides is 1. The van der Waals surface area contributed by atoms with Crippen molar-refractivity contribution in [2.45, 2.75) is 0 Å². The van der Waals surface area contributed by atoms with Gasteiger partial charge in [-0.3, -0.25) is 0 Å². The summed E-state index contributed by atoms with van der Waals surface area (Å²) >= 11 is 0. The molecule has 0 fully saturated rings. The van der Waals surface area contributed by atoms with E-state index in [0.717, 1.165) is 5.57 Å². The van der Waals surface area contributed by atoms with E-state index in [2.05, 4.69) is 0 Å². The van der Waals surface area contributed by atoms with Gasteiger partial charge in [-0.25, -0.2) is 0 Å². The molecule has 0 spiro atoms. The fourth-order valence-electron chi connectivity index (χ4n) is 2.28. The molecule has 0 radical (unpaired) electrons. The minimum Gasteiger partial charge on any atom is -0.497 e. The fourth-order valence-corrected chi connectivity index (χ4v) is 3.47. The van der Waals surface area contributed by atoms with E-state index in [4.69, 9.17) is 10.5 Å². The molecule has 0 aliphatic carbocycles. The van der Waals surface area contributed by atoms with Gasteiger partial charge in [0, 0.05) is 24.3 Å². The highest BCUT2D eigenvalue weighted by molar-refractivity contribution is 7.90. The quantitative estimate of drug-likeness (QED) is 0.852. The molecule has 1 heterocycles. The van der Waals surface area contributed by atoms with Gasteiger partial charge in [0.2, 0.25) is 0 Å². The van der Waals surface area contributed by atoms with Crippen molar-refractivity contribution < 1.29 is 13.2 Å². The molecule has 0 saturated carbocycles. The van der Waals surface area contributed by atoms with Gasteiger partial charge in [-0.05, 0) is 18.2 Å². The van der Waals surface area contributed by atoms with Gasteiger partial charge in [0.05, 0.1) is 13.4 Å². The van der Waals surface area contributed by atoms with Crippen LogP contribution in [-0.2, 0) is 10.0 Å². The highest BCUT2D eigenvalue weighted by atomic mass is 32.2. The molecule has 1 aliphatic rings. The van der Waals surface area contributed by atoms with Gasteiger partial charge in [0.15, 0.2) is 5.69 Å². The second-order valence-corrected chi connectivity index (χ2v) is 6.84. The number of nitrogens with two attached hydrogens (primary N) is 1. The predicted octanol–water partition coefficient (Wildman–Crippen LogP) is 1.37. The molecule has 6 heteroatoms. The van der Waals surface area contributed by atoms with Crippen LogP contribution in [0.2, 0.25) is 0 Å². The molecule has 5 nitrogen and oxygen atoms in total. The van der Waals surface area contributed by atoms with Crippen LogP contribution in [0.3, 0.4) is 0 Å². The Balaban J connectivity index is 2.59. The van der Waals surface area contributed by atoms with Crippen molar-refractivity contribution in [3.8, 4) is 5.75 Å². The average Bonchev–Trinajstić information content (AvgIpc) is 2.46. The molecule has 2 rings (SSSR count). The normalized spacial score (nSPS) is 22.4. The largest absolute Gasteiger partial charge is 0.497 e. The first-order chi connectivity index (χ1) is 9.43. The Bertz CT molecular complexity index is 648. The monoisotopic (exact) mass is 295 g/mol. The Morgan fingerprint density at radius 3 is 2.45 bits per heavy atom. The number of hydrogen-bond donors (Lipinski definition) is 1. The number of nitrogens with zero attached hydrogens (tertiary/aromatic N) is 1. The molecule has 1 aromatic carbocycles. The van der Waals surface area contributed by atoms with Crippen LogP contribution in [0.4, 0.5) is 5.69 Å². The summed E-state index contributed by atoms with van der Waals surface area (Å²) in [5.41, 5.74) is 7.12. The molecule has 1 unspecified atom stereocenters. The van der Waals surface area contributed by atoms with E-state index in [1.807, 2.05) is 12.2 Å². The molecule has 0 amide bonds. The third-order valence-electron chi connectivity index (χ3n) is 3.42. The SMILES string of the molecule is COc1ccc([N+]2(S(C)(=O)=O)C=C(CN)C=CC2)cc1. The average molecular weight is 295 g/mol. The Labute approximate surface area is 119 Å². The molecule has 1 aliphatic heterocycles. The number of rotatable bonds is 4. The highest BCUT2D eigenvalue weighted by Crippen LogP contribution is 2.32. The summed E-state index contributed by atoms with van der Waals surface area (Å²) in [6.45, 7) is 0.664. The number of benzene rings is 1. The topological polar surface area (TPSA) is 69.4 Å². The van der Waals surface area contributed by atoms with E-state index in [9.17, 15) is 8.42 Å². The number of quaternary nitrogens is 1. The third kappa shape index (κ3) is 2.49. The van der Waals surface area contributed by atoms with Gasteiger partial charge in [0.25, 0.3) is 0 Å². The lowest BCUT2D eigenvalue weighted by molar-refractivity contribution is 0.414. The van der Waals surface area contributed by atoms with E-state index >= 15 is 0 Å². The van der Waals surface area contributed by atoms with E-state index in [1.165, 1.54) is 6.26 Å². The summed E-state index contributed by atoms with van der Waals surface area (Å²) in [6, 6.07) is 7.05. The van der Waals surface area contributed by atoms with Crippen LogP contribution in [0.25, 0.3) is 0 Å². The van der Waals surface area contributed by atoms with Gasteiger partial charge in [-0.15, -0.1) is 0 Å². The molecule has 2 N–H and O–H groups in total. The Morgan fingerprint density at radius 2 is 1.95 bits per heavy atom. The molecular formula is C14H19N2O3S+. The van der Waals surface area contributed by atoms with E-state index in [-0.39, 0.29) is 3.89 Å². The van der Waals surface area contributed by atoms with Crippen molar-refractivity contribution >= 4 is 15.7 Å². The second kappa shape index (κ2) is 5.40. The van der Waals surface area contributed by atoms with Crippen LogP contribution in [0.1, 0.15) is 0 Å². The van der Waals surface area contributed by atoms with Crippen molar-refractivity contribution in [3.63, 3.8) is 0 Å². The van der Waals surface area contributed by atoms with Crippen LogP contribution < -0.4 is 14.4 Å². The van der Waals surface area contributed by atoms with E-state index < -0.39 is 10.0 Å². The maximum Gasteiger partial charge on any atom is 0.303 e. The molecule has 0 saturated heterocycles. The molecule has 0 bridgehead atoms. The van der Waals surface area contributed by atoms with Crippen LogP contribution in [0.5, 0.6) is 5.75 Å². The molecule has 0 aromatic heterocycles. The van der Waals surface area contributed by atoms with Crippen molar-refractivity contribution in [3.05, 3.63) is 48.2 Å². The zero-order valence-electron chi connectivity index (χ0n) is 11.6. The molecule has 20 heavy (non-hydrogen) atoms.